The van der Waals surface area contributed by atoms with Crippen LogP contribution in [-0.2, 0) is 16.1 Å². The lowest BCUT2D eigenvalue weighted by Gasteiger charge is -2.18. The number of ether oxygens (including phenoxy) is 1. The van der Waals surface area contributed by atoms with Crippen molar-refractivity contribution >= 4 is 11.8 Å². The van der Waals surface area contributed by atoms with E-state index in [1.165, 1.54) is 4.90 Å². The van der Waals surface area contributed by atoms with Gasteiger partial charge in [0, 0.05) is 23.9 Å². The van der Waals surface area contributed by atoms with E-state index in [4.69, 9.17) is 10.5 Å². The smallest absolute Gasteiger partial charge is 0.232 e. The van der Waals surface area contributed by atoms with Gasteiger partial charge < -0.3 is 10.5 Å². The molecule has 0 bridgehead atoms. The number of hydrogen-bond acceptors (Lipinski definition) is 4. The number of nitrogens with two attached hydrogens (primary N) is 1. The predicted molar refractivity (Wildman–Crippen MR) is 74.9 cm³/mol. The Balaban J connectivity index is 2.30. The highest BCUT2D eigenvalue weighted by Crippen LogP contribution is 2.27. The van der Waals surface area contributed by atoms with E-state index in [1.54, 1.807) is 14.0 Å². The Labute approximate surface area is 118 Å². The average Bonchev–Trinajstić information content (AvgIpc) is 2.65. The van der Waals surface area contributed by atoms with Gasteiger partial charge in [0.15, 0.2) is 0 Å². The fourth-order valence-corrected chi connectivity index (χ4v) is 2.39. The molecule has 1 saturated heterocycles. The van der Waals surface area contributed by atoms with Crippen LogP contribution in [0.15, 0.2) is 18.2 Å². The van der Waals surface area contributed by atoms with Crippen molar-refractivity contribution < 1.29 is 14.3 Å². The Hall–Kier alpha value is -1.88. The summed E-state index contributed by atoms with van der Waals surface area (Å²) < 4.78 is 5.30. The van der Waals surface area contributed by atoms with Crippen molar-refractivity contribution in [2.24, 2.45) is 11.7 Å². The van der Waals surface area contributed by atoms with E-state index < -0.39 is 0 Å². The monoisotopic (exact) mass is 276 g/mol. The quantitative estimate of drug-likeness (QED) is 0.848. The van der Waals surface area contributed by atoms with Gasteiger partial charge in [0.05, 0.1) is 13.7 Å². The maximum atomic E-state index is 12.0. The van der Waals surface area contributed by atoms with E-state index in [0.717, 1.165) is 11.1 Å². The molecule has 2 amide bonds. The van der Waals surface area contributed by atoms with E-state index in [-0.39, 0.29) is 36.7 Å². The van der Waals surface area contributed by atoms with Crippen LogP contribution in [0.5, 0.6) is 5.75 Å². The Morgan fingerprint density at radius 1 is 1.45 bits per heavy atom. The van der Waals surface area contributed by atoms with Gasteiger partial charge >= 0.3 is 0 Å². The molecule has 1 aliphatic rings. The molecule has 1 aliphatic heterocycles. The topological polar surface area (TPSA) is 72.6 Å². The van der Waals surface area contributed by atoms with E-state index in [2.05, 4.69) is 0 Å². The maximum absolute atomic E-state index is 12.0. The van der Waals surface area contributed by atoms with E-state index in [1.807, 2.05) is 25.1 Å². The number of hydrogen-bond donors (Lipinski definition) is 1. The molecule has 2 atom stereocenters. The summed E-state index contributed by atoms with van der Waals surface area (Å²) in [5.41, 5.74) is 7.63. The third kappa shape index (κ3) is 2.67. The van der Waals surface area contributed by atoms with Gasteiger partial charge in [-0.05, 0) is 24.6 Å². The van der Waals surface area contributed by atoms with Crippen LogP contribution in [-0.4, -0.2) is 23.8 Å². The minimum Gasteiger partial charge on any atom is -0.496 e. The standard InChI is InChI=1S/C15H20N2O3/c1-9-6-14(18)17(15(9)19)8-12-7-11(10(2)16)4-5-13(12)20-3/h4-5,7,9-10H,6,8,16H2,1-3H3. The second-order valence-corrected chi connectivity index (χ2v) is 5.28. The third-order valence-corrected chi connectivity index (χ3v) is 3.63. The number of imide groups is 1. The molecule has 2 rings (SSSR count). The van der Waals surface area contributed by atoms with Gasteiger partial charge in [-0.25, -0.2) is 0 Å². The summed E-state index contributed by atoms with van der Waals surface area (Å²) in [7, 11) is 1.57. The fraction of sp³-hybridized carbons (Fsp3) is 0.467. The summed E-state index contributed by atoms with van der Waals surface area (Å²) in [6, 6.07) is 5.50. The zero-order chi connectivity index (χ0) is 14.9. The van der Waals surface area contributed by atoms with Gasteiger partial charge in [-0.1, -0.05) is 13.0 Å². The minimum atomic E-state index is -0.231. The molecule has 0 saturated carbocycles. The Morgan fingerprint density at radius 2 is 2.15 bits per heavy atom. The predicted octanol–water partition coefficient (Wildman–Crippen LogP) is 1.61. The van der Waals surface area contributed by atoms with Crippen LogP contribution in [0.1, 0.15) is 37.4 Å². The number of rotatable bonds is 4. The maximum Gasteiger partial charge on any atom is 0.232 e. The van der Waals surface area contributed by atoms with Crippen molar-refractivity contribution in [3.05, 3.63) is 29.3 Å². The SMILES string of the molecule is COc1ccc(C(C)N)cc1CN1C(=O)CC(C)C1=O. The Bertz CT molecular complexity index is 540. The van der Waals surface area contributed by atoms with E-state index in [9.17, 15) is 9.59 Å². The van der Waals surface area contributed by atoms with Crippen LogP contribution in [0.3, 0.4) is 0 Å². The molecular formula is C15H20N2O3. The van der Waals surface area contributed by atoms with E-state index >= 15 is 0 Å². The highest BCUT2D eigenvalue weighted by atomic mass is 16.5. The van der Waals surface area contributed by atoms with Gasteiger partial charge in [-0.3, -0.25) is 14.5 Å². The van der Waals surface area contributed by atoms with Gasteiger partial charge in [-0.15, -0.1) is 0 Å². The lowest BCUT2D eigenvalue weighted by molar-refractivity contribution is -0.139. The first kappa shape index (κ1) is 14.5. The second kappa shape index (κ2) is 5.63. The molecule has 0 aromatic heterocycles. The second-order valence-electron chi connectivity index (χ2n) is 5.28. The van der Waals surface area contributed by atoms with Crippen LogP contribution in [0, 0.1) is 5.92 Å². The third-order valence-electron chi connectivity index (χ3n) is 3.63. The van der Waals surface area contributed by atoms with Crippen LogP contribution in [0.4, 0.5) is 0 Å². The molecule has 0 spiro atoms. The molecular weight excluding hydrogens is 256 g/mol. The molecule has 1 heterocycles. The minimum absolute atomic E-state index is 0.108. The largest absolute Gasteiger partial charge is 0.496 e. The van der Waals surface area contributed by atoms with Gasteiger partial charge in [0.25, 0.3) is 0 Å². The number of carbonyl (C=O) groups is 2. The number of nitrogens with zero attached hydrogens (tertiary/aromatic N) is 1. The lowest BCUT2D eigenvalue weighted by atomic mass is 10.0. The van der Waals surface area contributed by atoms with Crippen molar-refractivity contribution in [1.29, 1.82) is 0 Å². The number of carbonyl (C=O) groups excluding carboxylic acids is 2. The summed E-state index contributed by atoms with van der Waals surface area (Å²) >= 11 is 0. The molecule has 1 aromatic rings. The molecule has 2 N–H and O–H groups in total. The van der Waals surface area contributed by atoms with Crippen LogP contribution < -0.4 is 10.5 Å². The molecule has 0 radical (unpaired) electrons. The molecule has 1 aromatic carbocycles. The summed E-state index contributed by atoms with van der Waals surface area (Å²) in [5.74, 6) is 0.179. The van der Waals surface area contributed by atoms with Crippen molar-refractivity contribution in [3.8, 4) is 5.75 Å². The number of amides is 2. The molecule has 5 heteroatoms. The zero-order valence-corrected chi connectivity index (χ0v) is 12.1. The van der Waals surface area contributed by atoms with Crippen molar-refractivity contribution in [3.63, 3.8) is 0 Å². The zero-order valence-electron chi connectivity index (χ0n) is 12.1. The van der Waals surface area contributed by atoms with E-state index in [0.29, 0.717) is 5.75 Å². The summed E-state index contributed by atoms with van der Waals surface area (Å²) in [6.45, 7) is 3.90. The Morgan fingerprint density at radius 3 is 2.65 bits per heavy atom. The molecule has 2 unspecified atom stereocenters. The highest BCUT2D eigenvalue weighted by molar-refractivity contribution is 6.03. The molecule has 1 fully saturated rings. The van der Waals surface area contributed by atoms with Gasteiger partial charge in [0.1, 0.15) is 5.75 Å². The summed E-state index contributed by atoms with van der Waals surface area (Å²) in [6.07, 6.45) is 0.286. The average molecular weight is 276 g/mol. The number of methoxy groups -OCH3 is 1. The normalized spacial score (nSPS) is 20.4. The first-order valence-electron chi connectivity index (χ1n) is 6.70. The fourth-order valence-electron chi connectivity index (χ4n) is 2.39. The van der Waals surface area contributed by atoms with Crippen LogP contribution >= 0.6 is 0 Å². The van der Waals surface area contributed by atoms with Crippen LogP contribution in [0.25, 0.3) is 0 Å². The molecule has 0 aliphatic carbocycles. The molecule has 108 valence electrons. The van der Waals surface area contributed by atoms with Gasteiger partial charge in [0.2, 0.25) is 11.8 Å². The first-order valence-corrected chi connectivity index (χ1v) is 6.70. The summed E-state index contributed by atoms with van der Waals surface area (Å²) in [4.78, 5) is 25.1. The molecule has 5 nitrogen and oxygen atoms in total. The number of likely N-dealkylation sites (tertiary alicyclic amines) is 1. The van der Waals surface area contributed by atoms with Crippen molar-refractivity contribution in [1.82, 2.24) is 4.90 Å². The van der Waals surface area contributed by atoms with Crippen LogP contribution in [0.2, 0.25) is 0 Å². The first-order chi connectivity index (χ1) is 9.43. The highest BCUT2D eigenvalue weighted by Gasteiger charge is 2.35. The molecule has 20 heavy (non-hydrogen) atoms. The lowest BCUT2D eigenvalue weighted by Crippen LogP contribution is -2.30. The summed E-state index contributed by atoms with van der Waals surface area (Å²) in [5, 5.41) is 0. The number of benzene rings is 1. The Kier molecular flexibility index (Phi) is 4.09. The van der Waals surface area contributed by atoms with Gasteiger partial charge in [-0.2, -0.15) is 0 Å². The van der Waals surface area contributed by atoms with Crippen molar-refractivity contribution in [2.75, 3.05) is 7.11 Å². The van der Waals surface area contributed by atoms with Crippen molar-refractivity contribution in [2.45, 2.75) is 32.9 Å².